The fraction of sp³-hybridized carbons (Fsp3) is 1.00. The van der Waals surface area contributed by atoms with Crippen LogP contribution in [-0.4, -0.2) is 29.1 Å². The molecule has 0 aromatic rings. The number of halogens is 3. The quantitative estimate of drug-likeness (QED) is 0.819. The van der Waals surface area contributed by atoms with Crippen LogP contribution >= 0.6 is 0 Å². The van der Waals surface area contributed by atoms with E-state index in [0.29, 0.717) is 12.8 Å². The molecule has 0 aromatic carbocycles. The molecule has 94 valence electrons. The highest BCUT2D eigenvalue weighted by molar-refractivity contribution is 4.94. The first kappa shape index (κ1) is 12.2. The fourth-order valence-corrected chi connectivity index (χ4v) is 2.83. The summed E-state index contributed by atoms with van der Waals surface area (Å²) in [5.41, 5.74) is -0.921. The molecule has 0 aliphatic carbocycles. The monoisotopic (exact) mass is 238 g/mol. The van der Waals surface area contributed by atoms with Gasteiger partial charge in [0.05, 0.1) is 17.8 Å². The molecule has 2 heterocycles. The molecule has 2 fully saturated rings. The van der Waals surface area contributed by atoms with E-state index < -0.39 is 18.2 Å². The van der Waals surface area contributed by atoms with Gasteiger partial charge in [-0.05, 0) is 25.7 Å². The molecular weight excluding hydrogens is 221 g/mol. The van der Waals surface area contributed by atoms with E-state index in [2.05, 4.69) is 0 Å². The molecule has 2 unspecified atom stereocenters. The van der Waals surface area contributed by atoms with Gasteiger partial charge in [0.25, 0.3) is 0 Å². The zero-order chi connectivity index (χ0) is 11.8. The van der Waals surface area contributed by atoms with Crippen molar-refractivity contribution in [3.63, 3.8) is 0 Å². The molecule has 0 aromatic heterocycles. The lowest BCUT2D eigenvalue weighted by molar-refractivity contribution is -0.144. The molecule has 5 heteroatoms. The number of aliphatic hydroxyl groups is 1. The maximum absolute atomic E-state index is 12.0. The van der Waals surface area contributed by atoms with Crippen molar-refractivity contribution < 1.29 is 23.0 Å². The lowest BCUT2D eigenvalue weighted by atomic mass is 9.85. The minimum Gasteiger partial charge on any atom is -0.390 e. The van der Waals surface area contributed by atoms with Crippen molar-refractivity contribution in [2.24, 2.45) is 0 Å². The van der Waals surface area contributed by atoms with Crippen molar-refractivity contribution in [2.45, 2.75) is 68.9 Å². The summed E-state index contributed by atoms with van der Waals surface area (Å²) < 4.78 is 41.5. The zero-order valence-electron chi connectivity index (χ0n) is 9.09. The normalized spacial score (nSPS) is 39.0. The molecule has 0 radical (unpaired) electrons. The summed E-state index contributed by atoms with van der Waals surface area (Å²) in [7, 11) is 0. The van der Waals surface area contributed by atoms with Gasteiger partial charge in [-0.2, -0.15) is 13.2 Å². The Hall–Kier alpha value is -0.290. The lowest BCUT2D eigenvalue weighted by Gasteiger charge is -2.36. The Kier molecular flexibility index (Phi) is 3.18. The Balaban J connectivity index is 1.80. The van der Waals surface area contributed by atoms with Crippen LogP contribution in [0.5, 0.6) is 0 Å². The highest BCUT2D eigenvalue weighted by atomic mass is 19.4. The average molecular weight is 238 g/mol. The smallest absolute Gasteiger partial charge is 0.389 e. The van der Waals surface area contributed by atoms with Crippen LogP contribution in [-0.2, 0) is 4.74 Å². The minimum absolute atomic E-state index is 0.0133. The molecule has 0 saturated carbocycles. The lowest BCUT2D eigenvalue weighted by Crippen LogP contribution is -2.41. The first-order chi connectivity index (χ1) is 7.36. The Bertz CT molecular complexity index is 240. The second-order valence-electron chi connectivity index (χ2n) is 5.06. The van der Waals surface area contributed by atoms with Crippen LogP contribution in [0.25, 0.3) is 0 Å². The van der Waals surface area contributed by atoms with Crippen molar-refractivity contribution in [3.8, 4) is 0 Å². The van der Waals surface area contributed by atoms with Crippen LogP contribution in [0.2, 0.25) is 0 Å². The summed E-state index contributed by atoms with van der Waals surface area (Å²) in [6.45, 7) is 0. The van der Waals surface area contributed by atoms with Gasteiger partial charge in [0, 0.05) is 19.3 Å². The maximum atomic E-state index is 12.0. The molecule has 2 aliphatic heterocycles. The standard InChI is InChI=1S/C11H17F3O2/c12-11(13,14)5-1-4-10(15)6-8-2-3-9(7-10)16-8/h8-9,15H,1-7H2. The summed E-state index contributed by atoms with van der Waals surface area (Å²) >= 11 is 0. The highest BCUT2D eigenvalue weighted by Gasteiger charge is 2.43. The number of fused-ring (bicyclic) bond motifs is 2. The molecule has 16 heavy (non-hydrogen) atoms. The van der Waals surface area contributed by atoms with Crippen LogP contribution in [0.15, 0.2) is 0 Å². The molecule has 2 aliphatic rings. The molecule has 0 spiro atoms. The van der Waals surface area contributed by atoms with E-state index in [1.54, 1.807) is 0 Å². The summed E-state index contributed by atoms with van der Waals surface area (Å²) in [5.74, 6) is 0. The first-order valence-electron chi connectivity index (χ1n) is 5.81. The van der Waals surface area contributed by atoms with Crippen molar-refractivity contribution in [1.82, 2.24) is 0 Å². The molecule has 1 N–H and O–H groups in total. The Morgan fingerprint density at radius 2 is 1.75 bits per heavy atom. The molecule has 2 saturated heterocycles. The number of rotatable bonds is 3. The van der Waals surface area contributed by atoms with E-state index in [-0.39, 0.29) is 25.0 Å². The first-order valence-corrected chi connectivity index (χ1v) is 5.81. The fourth-order valence-electron chi connectivity index (χ4n) is 2.83. The third-order valence-corrected chi connectivity index (χ3v) is 3.51. The van der Waals surface area contributed by atoms with Gasteiger partial charge in [0.1, 0.15) is 0 Å². The van der Waals surface area contributed by atoms with Crippen LogP contribution in [0.1, 0.15) is 44.9 Å². The topological polar surface area (TPSA) is 29.5 Å². The molecule has 2 rings (SSSR count). The second-order valence-corrected chi connectivity index (χ2v) is 5.06. The van der Waals surface area contributed by atoms with Crippen LogP contribution < -0.4 is 0 Å². The predicted octanol–water partition coefficient (Wildman–Crippen LogP) is 2.79. The second kappa shape index (κ2) is 4.18. The molecule has 2 bridgehead atoms. The summed E-state index contributed by atoms with van der Waals surface area (Å²) in [5, 5.41) is 10.2. The molecule has 0 amide bonds. The number of hydrogen-bond donors (Lipinski definition) is 1. The van der Waals surface area contributed by atoms with Crippen LogP contribution in [0, 0.1) is 0 Å². The van der Waals surface area contributed by atoms with Crippen molar-refractivity contribution in [2.75, 3.05) is 0 Å². The summed E-state index contributed by atoms with van der Waals surface area (Å²) in [6, 6.07) is 0. The van der Waals surface area contributed by atoms with Gasteiger partial charge < -0.3 is 9.84 Å². The maximum Gasteiger partial charge on any atom is 0.389 e. The van der Waals surface area contributed by atoms with Crippen LogP contribution in [0.3, 0.4) is 0 Å². The highest BCUT2D eigenvalue weighted by Crippen LogP contribution is 2.41. The average Bonchev–Trinajstić information content (AvgIpc) is 2.43. The van der Waals surface area contributed by atoms with Crippen molar-refractivity contribution >= 4 is 0 Å². The number of alkyl halides is 3. The van der Waals surface area contributed by atoms with Crippen LogP contribution in [0.4, 0.5) is 13.2 Å². The minimum atomic E-state index is -4.11. The van der Waals surface area contributed by atoms with Gasteiger partial charge in [0.2, 0.25) is 0 Å². The Labute approximate surface area is 92.8 Å². The molecular formula is C11H17F3O2. The van der Waals surface area contributed by atoms with Gasteiger partial charge in [-0.25, -0.2) is 0 Å². The van der Waals surface area contributed by atoms with Gasteiger partial charge in [0.15, 0.2) is 0 Å². The molecule has 2 nitrogen and oxygen atoms in total. The zero-order valence-corrected chi connectivity index (χ0v) is 9.09. The Morgan fingerprint density at radius 3 is 2.25 bits per heavy atom. The summed E-state index contributed by atoms with van der Waals surface area (Å²) in [4.78, 5) is 0. The van der Waals surface area contributed by atoms with Gasteiger partial charge in [-0.15, -0.1) is 0 Å². The molecule has 2 atom stereocenters. The van der Waals surface area contributed by atoms with E-state index in [0.717, 1.165) is 12.8 Å². The van der Waals surface area contributed by atoms with Gasteiger partial charge in [-0.3, -0.25) is 0 Å². The van der Waals surface area contributed by atoms with E-state index in [1.807, 2.05) is 0 Å². The third kappa shape index (κ3) is 3.10. The largest absolute Gasteiger partial charge is 0.390 e. The number of hydrogen-bond acceptors (Lipinski definition) is 2. The number of ether oxygens (including phenoxy) is 1. The van der Waals surface area contributed by atoms with Gasteiger partial charge in [-0.1, -0.05) is 0 Å². The third-order valence-electron chi connectivity index (χ3n) is 3.51. The van der Waals surface area contributed by atoms with E-state index in [1.165, 1.54) is 0 Å². The SMILES string of the molecule is OC1(CCCC(F)(F)F)CC2CCC(C1)O2. The predicted molar refractivity (Wildman–Crippen MR) is 52.0 cm³/mol. The van der Waals surface area contributed by atoms with E-state index >= 15 is 0 Å². The Morgan fingerprint density at radius 1 is 1.19 bits per heavy atom. The van der Waals surface area contributed by atoms with Crippen molar-refractivity contribution in [3.05, 3.63) is 0 Å². The van der Waals surface area contributed by atoms with E-state index in [9.17, 15) is 18.3 Å². The van der Waals surface area contributed by atoms with Crippen molar-refractivity contribution in [1.29, 1.82) is 0 Å². The summed E-state index contributed by atoms with van der Waals surface area (Å²) in [6.07, 6.45) is -1.65. The van der Waals surface area contributed by atoms with Gasteiger partial charge >= 0.3 is 6.18 Å². The van der Waals surface area contributed by atoms with E-state index in [4.69, 9.17) is 4.74 Å².